The maximum absolute atomic E-state index is 12.0. The van der Waals surface area contributed by atoms with Crippen molar-refractivity contribution in [1.29, 1.82) is 0 Å². The second-order valence-electron chi connectivity index (χ2n) is 5.20. The fraction of sp³-hybridized carbons (Fsp3) is 0.909. The van der Waals surface area contributed by atoms with E-state index in [-0.39, 0.29) is 17.5 Å². The van der Waals surface area contributed by atoms with Crippen molar-refractivity contribution in [3.05, 3.63) is 0 Å². The average Bonchev–Trinajstić information content (AvgIpc) is 2.11. The lowest BCUT2D eigenvalue weighted by Gasteiger charge is -2.46. The summed E-state index contributed by atoms with van der Waals surface area (Å²) in [7, 11) is 3.77. The van der Waals surface area contributed by atoms with E-state index in [9.17, 15) is 4.79 Å². The van der Waals surface area contributed by atoms with E-state index >= 15 is 0 Å². The Morgan fingerprint density at radius 1 is 1.40 bits per heavy atom. The third-order valence-electron chi connectivity index (χ3n) is 2.97. The van der Waals surface area contributed by atoms with Gasteiger partial charge in [-0.3, -0.25) is 9.69 Å². The van der Waals surface area contributed by atoms with Crippen LogP contribution in [0.3, 0.4) is 0 Å². The maximum atomic E-state index is 12.0. The number of likely N-dealkylation sites (N-methyl/N-ethyl adjacent to an activating group) is 2. The Kier molecular flexibility index (Phi) is 3.73. The quantitative estimate of drug-likeness (QED) is 0.709. The van der Waals surface area contributed by atoms with Crippen LogP contribution in [0.2, 0.25) is 0 Å². The first kappa shape index (κ1) is 12.5. The van der Waals surface area contributed by atoms with E-state index in [1.807, 2.05) is 19.0 Å². The zero-order chi connectivity index (χ0) is 11.6. The molecule has 1 N–H and O–H groups in total. The van der Waals surface area contributed by atoms with Crippen LogP contribution in [0, 0.1) is 0 Å². The van der Waals surface area contributed by atoms with Gasteiger partial charge in [-0.1, -0.05) is 0 Å². The summed E-state index contributed by atoms with van der Waals surface area (Å²) in [4.78, 5) is 16.1. The summed E-state index contributed by atoms with van der Waals surface area (Å²) in [6.07, 6.45) is 0. The molecule has 0 aliphatic carbocycles. The van der Waals surface area contributed by atoms with E-state index in [4.69, 9.17) is 0 Å². The summed E-state index contributed by atoms with van der Waals surface area (Å²) in [5, 5.41) is 3.10. The van der Waals surface area contributed by atoms with Crippen molar-refractivity contribution in [3.63, 3.8) is 0 Å². The molecular weight excluding hydrogens is 190 g/mol. The largest absolute Gasteiger partial charge is 0.343 e. The molecule has 0 saturated carbocycles. The van der Waals surface area contributed by atoms with Crippen molar-refractivity contribution in [2.75, 3.05) is 33.7 Å². The van der Waals surface area contributed by atoms with E-state index in [2.05, 4.69) is 31.0 Å². The van der Waals surface area contributed by atoms with Crippen LogP contribution in [0.4, 0.5) is 0 Å². The first-order valence-corrected chi connectivity index (χ1v) is 5.54. The second kappa shape index (κ2) is 4.49. The normalized spacial score (nSPS) is 24.7. The van der Waals surface area contributed by atoms with Gasteiger partial charge < -0.3 is 10.2 Å². The molecule has 4 heteroatoms. The molecule has 15 heavy (non-hydrogen) atoms. The molecule has 1 unspecified atom stereocenters. The van der Waals surface area contributed by atoms with Crippen LogP contribution >= 0.6 is 0 Å². The van der Waals surface area contributed by atoms with E-state index in [0.717, 1.165) is 19.6 Å². The predicted octanol–water partition coefficient (Wildman–Crippen LogP) is 0.147. The van der Waals surface area contributed by atoms with Gasteiger partial charge >= 0.3 is 0 Å². The molecule has 0 aromatic heterocycles. The van der Waals surface area contributed by atoms with Gasteiger partial charge in [0.1, 0.15) is 6.04 Å². The number of piperazine rings is 1. The number of carbonyl (C=O) groups excluding carboxylic acids is 1. The highest BCUT2D eigenvalue weighted by atomic mass is 16.2. The van der Waals surface area contributed by atoms with Crippen LogP contribution in [-0.4, -0.2) is 61.0 Å². The second-order valence-corrected chi connectivity index (χ2v) is 5.20. The summed E-state index contributed by atoms with van der Waals surface area (Å²) in [5.74, 6) is 0.227. The summed E-state index contributed by atoms with van der Waals surface area (Å²) in [6.45, 7) is 8.99. The van der Waals surface area contributed by atoms with Crippen molar-refractivity contribution >= 4 is 5.91 Å². The third-order valence-corrected chi connectivity index (χ3v) is 2.97. The highest BCUT2D eigenvalue weighted by molar-refractivity contribution is 5.82. The van der Waals surface area contributed by atoms with Crippen LogP contribution in [0.25, 0.3) is 0 Å². The molecule has 0 spiro atoms. The molecular formula is C11H23N3O. The van der Waals surface area contributed by atoms with Gasteiger partial charge in [0.15, 0.2) is 0 Å². The predicted molar refractivity (Wildman–Crippen MR) is 61.8 cm³/mol. The van der Waals surface area contributed by atoms with Gasteiger partial charge in [-0.15, -0.1) is 0 Å². The highest BCUT2D eigenvalue weighted by Gasteiger charge is 2.37. The van der Waals surface area contributed by atoms with Gasteiger partial charge in [0.05, 0.1) is 0 Å². The topological polar surface area (TPSA) is 35.6 Å². The fourth-order valence-corrected chi connectivity index (χ4v) is 2.11. The highest BCUT2D eigenvalue weighted by Crippen LogP contribution is 2.20. The molecule has 1 fully saturated rings. The number of amides is 1. The smallest absolute Gasteiger partial charge is 0.241 e. The maximum Gasteiger partial charge on any atom is 0.241 e. The number of hydrogen-bond acceptors (Lipinski definition) is 3. The van der Waals surface area contributed by atoms with Crippen molar-refractivity contribution < 1.29 is 4.79 Å². The average molecular weight is 213 g/mol. The molecule has 88 valence electrons. The zero-order valence-corrected chi connectivity index (χ0v) is 10.5. The first-order valence-electron chi connectivity index (χ1n) is 5.54. The van der Waals surface area contributed by atoms with Crippen molar-refractivity contribution in [2.45, 2.75) is 32.4 Å². The molecule has 1 heterocycles. The number of rotatable bonds is 2. The molecule has 1 saturated heterocycles. The van der Waals surface area contributed by atoms with Gasteiger partial charge in [-0.25, -0.2) is 0 Å². The molecule has 1 aliphatic heterocycles. The van der Waals surface area contributed by atoms with Gasteiger partial charge in [-0.2, -0.15) is 0 Å². The Labute approximate surface area is 92.6 Å². The Morgan fingerprint density at radius 2 is 2.00 bits per heavy atom. The summed E-state index contributed by atoms with van der Waals surface area (Å²) in [5.41, 5.74) is 0.0540. The lowest BCUT2D eigenvalue weighted by Crippen LogP contribution is -2.63. The van der Waals surface area contributed by atoms with Crippen LogP contribution < -0.4 is 5.32 Å². The number of nitrogens with zero attached hydrogens (tertiary/aromatic N) is 2. The van der Waals surface area contributed by atoms with E-state index in [0.29, 0.717) is 0 Å². The number of hydrogen-bond donors (Lipinski definition) is 1. The Balaban J connectivity index is 2.82. The van der Waals surface area contributed by atoms with E-state index in [1.54, 1.807) is 0 Å². The molecule has 1 amide bonds. The van der Waals surface area contributed by atoms with Crippen molar-refractivity contribution in [3.8, 4) is 0 Å². The minimum absolute atomic E-state index is 0.0197. The minimum Gasteiger partial charge on any atom is -0.343 e. The number of carbonyl (C=O) groups is 1. The third kappa shape index (κ3) is 2.69. The van der Waals surface area contributed by atoms with E-state index < -0.39 is 0 Å². The molecule has 0 aromatic carbocycles. The Morgan fingerprint density at radius 3 is 2.47 bits per heavy atom. The zero-order valence-electron chi connectivity index (χ0n) is 10.5. The fourth-order valence-electron chi connectivity index (χ4n) is 2.11. The van der Waals surface area contributed by atoms with Crippen LogP contribution in [-0.2, 0) is 4.79 Å². The van der Waals surface area contributed by atoms with Gasteiger partial charge in [0.25, 0.3) is 0 Å². The van der Waals surface area contributed by atoms with Crippen LogP contribution in [0.1, 0.15) is 20.8 Å². The SMILES string of the molecule is CNCC1C(=O)N(C)CCN1C(C)(C)C. The molecule has 1 rings (SSSR count). The lowest BCUT2D eigenvalue weighted by molar-refractivity contribution is -0.143. The molecule has 4 nitrogen and oxygen atoms in total. The lowest BCUT2D eigenvalue weighted by atomic mass is 10.00. The Hall–Kier alpha value is -0.610. The Bertz CT molecular complexity index is 234. The number of nitrogens with one attached hydrogen (secondary N) is 1. The first-order chi connectivity index (χ1) is 6.88. The summed E-state index contributed by atoms with van der Waals surface area (Å²) in [6, 6.07) is -0.0197. The summed E-state index contributed by atoms with van der Waals surface area (Å²) >= 11 is 0. The monoisotopic (exact) mass is 213 g/mol. The molecule has 1 aliphatic rings. The van der Waals surface area contributed by atoms with Crippen LogP contribution in [0.15, 0.2) is 0 Å². The van der Waals surface area contributed by atoms with Gasteiger partial charge in [-0.05, 0) is 27.8 Å². The van der Waals surface area contributed by atoms with Gasteiger partial charge in [0, 0.05) is 32.2 Å². The molecule has 0 aromatic rings. The molecule has 0 bridgehead atoms. The van der Waals surface area contributed by atoms with Crippen LogP contribution in [0.5, 0.6) is 0 Å². The van der Waals surface area contributed by atoms with Crippen molar-refractivity contribution in [1.82, 2.24) is 15.1 Å². The van der Waals surface area contributed by atoms with E-state index in [1.165, 1.54) is 0 Å². The standard InChI is InChI=1S/C11H23N3O/c1-11(2,3)14-7-6-13(5)10(15)9(14)8-12-4/h9,12H,6-8H2,1-5H3. The van der Waals surface area contributed by atoms with Crippen molar-refractivity contribution in [2.24, 2.45) is 0 Å². The van der Waals surface area contributed by atoms with Gasteiger partial charge in [0.2, 0.25) is 5.91 Å². The molecule has 0 radical (unpaired) electrons. The molecule has 1 atom stereocenters. The summed E-state index contributed by atoms with van der Waals surface area (Å²) < 4.78 is 0. The minimum atomic E-state index is -0.0197.